The minimum absolute atomic E-state index is 0.0433. The van der Waals surface area contributed by atoms with Crippen LogP contribution in [0.4, 0.5) is 0 Å². The molecule has 3 rings (SSSR count). The molecule has 0 aromatic carbocycles. The molecule has 0 radical (unpaired) electrons. The summed E-state index contributed by atoms with van der Waals surface area (Å²) >= 11 is 0. The summed E-state index contributed by atoms with van der Waals surface area (Å²) in [6.07, 6.45) is 0.0841. The van der Waals surface area contributed by atoms with Crippen molar-refractivity contribution in [3.63, 3.8) is 0 Å². The average molecular weight is 346 g/mol. The van der Waals surface area contributed by atoms with Crippen LogP contribution in [0.2, 0.25) is 0 Å². The lowest BCUT2D eigenvalue weighted by molar-refractivity contribution is -0.132. The molecule has 0 unspecified atom stereocenters. The summed E-state index contributed by atoms with van der Waals surface area (Å²) in [7, 11) is 0. The van der Waals surface area contributed by atoms with Crippen molar-refractivity contribution < 1.29 is 9.42 Å². The Kier molecular flexibility index (Phi) is 4.93. The predicted molar refractivity (Wildman–Crippen MR) is 88.9 cm³/mol. The first kappa shape index (κ1) is 17.3. The number of aryl methyl sites for hydroxylation is 3. The minimum atomic E-state index is -0.231. The van der Waals surface area contributed by atoms with E-state index in [9.17, 15) is 9.59 Å². The number of carbonyl (C=O) groups is 1. The van der Waals surface area contributed by atoms with E-state index in [1.165, 1.54) is 0 Å². The molecule has 134 valence electrons. The fourth-order valence-corrected chi connectivity index (χ4v) is 2.98. The highest BCUT2D eigenvalue weighted by Crippen LogP contribution is 2.11. The number of hydrogen-bond acceptors (Lipinski definition) is 7. The monoisotopic (exact) mass is 346 g/mol. The molecule has 9 nitrogen and oxygen atoms in total. The fraction of sp³-hybridized carbons (Fsp3) is 0.562. The zero-order chi connectivity index (χ0) is 18.0. The molecular formula is C16H22N6O3. The van der Waals surface area contributed by atoms with E-state index in [0.717, 1.165) is 24.5 Å². The molecule has 1 aliphatic rings. The van der Waals surface area contributed by atoms with Crippen LogP contribution in [0.1, 0.15) is 28.5 Å². The smallest absolute Gasteiger partial charge is 0.254 e. The number of carbonyl (C=O) groups excluding carboxylic acids is 1. The Morgan fingerprint density at radius 3 is 2.44 bits per heavy atom. The molecule has 1 aliphatic heterocycles. The van der Waals surface area contributed by atoms with Gasteiger partial charge in [-0.15, -0.1) is 0 Å². The summed E-state index contributed by atoms with van der Waals surface area (Å²) in [5.74, 6) is 0.517. The van der Waals surface area contributed by atoms with Crippen LogP contribution in [0, 0.1) is 20.8 Å². The first-order valence-corrected chi connectivity index (χ1v) is 8.28. The summed E-state index contributed by atoms with van der Waals surface area (Å²) in [5.41, 5.74) is 2.45. The number of piperazine rings is 1. The summed E-state index contributed by atoms with van der Waals surface area (Å²) in [4.78, 5) is 35.5. The van der Waals surface area contributed by atoms with Crippen molar-refractivity contribution in [1.29, 1.82) is 0 Å². The van der Waals surface area contributed by atoms with Crippen molar-refractivity contribution in [2.24, 2.45) is 0 Å². The van der Waals surface area contributed by atoms with Gasteiger partial charge in [0.15, 0.2) is 0 Å². The van der Waals surface area contributed by atoms with Crippen LogP contribution in [-0.2, 0) is 17.8 Å². The van der Waals surface area contributed by atoms with E-state index >= 15 is 0 Å². The van der Waals surface area contributed by atoms with Gasteiger partial charge >= 0.3 is 0 Å². The lowest BCUT2D eigenvalue weighted by Gasteiger charge is -2.34. The molecule has 9 heteroatoms. The van der Waals surface area contributed by atoms with E-state index in [0.29, 0.717) is 36.7 Å². The predicted octanol–water partition coefficient (Wildman–Crippen LogP) is -0.0349. The van der Waals surface area contributed by atoms with Gasteiger partial charge in [-0.2, -0.15) is 0 Å². The first-order chi connectivity index (χ1) is 11.9. The molecule has 0 spiro atoms. The van der Waals surface area contributed by atoms with Crippen molar-refractivity contribution >= 4 is 5.91 Å². The number of rotatable bonds is 4. The molecular weight excluding hydrogens is 324 g/mol. The molecule has 1 fully saturated rings. The quantitative estimate of drug-likeness (QED) is 0.828. The van der Waals surface area contributed by atoms with Gasteiger partial charge in [0.2, 0.25) is 5.91 Å². The minimum Gasteiger partial charge on any atom is -0.340 e. The molecule has 0 saturated carbocycles. The Labute approximate surface area is 145 Å². The molecule has 1 amide bonds. The second-order valence-corrected chi connectivity index (χ2v) is 6.35. The Morgan fingerprint density at radius 1 is 1.12 bits per heavy atom. The van der Waals surface area contributed by atoms with Crippen molar-refractivity contribution in [2.45, 2.75) is 33.7 Å². The second kappa shape index (κ2) is 7.14. The van der Waals surface area contributed by atoms with E-state index < -0.39 is 0 Å². The highest BCUT2D eigenvalue weighted by molar-refractivity contribution is 5.79. The van der Waals surface area contributed by atoms with Gasteiger partial charge in [-0.3, -0.25) is 14.5 Å². The molecule has 0 bridgehead atoms. The SMILES string of the molecule is Cc1nc(C)c(CC(=O)N2CCN(Cc3nonc3C)CC2)c(=O)[nH]1. The normalized spacial score (nSPS) is 15.6. The van der Waals surface area contributed by atoms with Crippen LogP contribution < -0.4 is 5.56 Å². The molecule has 0 aliphatic carbocycles. The van der Waals surface area contributed by atoms with E-state index in [-0.39, 0.29) is 17.9 Å². The van der Waals surface area contributed by atoms with Gasteiger partial charge in [0.05, 0.1) is 6.42 Å². The number of nitrogens with one attached hydrogen (secondary N) is 1. The molecule has 25 heavy (non-hydrogen) atoms. The van der Waals surface area contributed by atoms with Gasteiger partial charge in [0.1, 0.15) is 17.2 Å². The Morgan fingerprint density at radius 2 is 1.84 bits per heavy atom. The van der Waals surface area contributed by atoms with Gasteiger partial charge in [0.25, 0.3) is 5.56 Å². The van der Waals surface area contributed by atoms with E-state index in [2.05, 4.69) is 25.2 Å². The Hall–Kier alpha value is -2.55. The van der Waals surface area contributed by atoms with Crippen LogP contribution in [-0.4, -0.2) is 62.2 Å². The lowest BCUT2D eigenvalue weighted by Crippen LogP contribution is -2.49. The van der Waals surface area contributed by atoms with Crippen molar-refractivity contribution in [3.8, 4) is 0 Å². The molecule has 0 atom stereocenters. The second-order valence-electron chi connectivity index (χ2n) is 6.35. The molecule has 1 saturated heterocycles. The fourth-order valence-electron chi connectivity index (χ4n) is 2.98. The van der Waals surface area contributed by atoms with Crippen LogP contribution in [0.5, 0.6) is 0 Å². The number of amides is 1. The number of nitrogens with zero attached hydrogens (tertiary/aromatic N) is 5. The van der Waals surface area contributed by atoms with Gasteiger partial charge in [0, 0.05) is 44.0 Å². The van der Waals surface area contributed by atoms with E-state index in [1.54, 1.807) is 18.7 Å². The topological polar surface area (TPSA) is 108 Å². The van der Waals surface area contributed by atoms with Crippen molar-refractivity contribution in [2.75, 3.05) is 26.2 Å². The zero-order valence-electron chi connectivity index (χ0n) is 14.7. The molecule has 3 heterocycles. The summed E-state index contributed by atoms with van der Waals surface area (Å²) in [6.45, 7) is 8.76. The maximum Gasteiger partial charge on any atom is 0.254 e. The first-order valence-electron chi connectivity index (χ1n) is 8.28. The third-order valence-corrected chi connectivity index (χ3v) is 4.51. The van der Waals surface area contributed by atoms with Crippen molar-refractivity contribution in [3.05, 3.63) is 38.8 Å². The van der Waals surface area contributed by atoms with Gasteiger partial charge < -0.3 is 9.88 Å². The third kappa shape index (κ3) is 3.93. The van der Waals surface area contributed by atoms with Crippen LogP contribution >= 0.6 is 0 Å². The molecule has 2 aromatic rings. The zero-order valence-corrected chi connectivity index (χ0v) is 14.7. The lowest BCUT2D eigenvalue weighted by atomic mass is 10.1. The number of H-pyrrole nitrogens is 1. The molecule has 2 aromatic heterocycles. The van der Waals surface area contributed by atoms with Crippen LogP contribution in [0.25, 0.3) is 0 Å². The van der Waals surface area contributed by atoms with Gasteiger partial charge in [-0.25, -0.2) is 9.61 Å². The Bertz CT molecular complexity index is 820. The summed E-state index contributed by atoms with van der Waals surface area (Å²) in [6, 6.07) is 0. The largest absolute Gasteiger partial charge is 0.340 e. The van der Waals surface area contributed by atoms with Gasteiger partial charge in [-0.1, -0.05) is 10.3 Å². The number of aromatic nitrogens is 4. The maximum absolute atomic E-state index is 12.5. The van der Waals surface area contributed by atoms with E-state index in [4.69, 9.17) is 4.63 Å². The number of hydrogen-bond donors (Lipinski definition) is 1. The summed E-state index contributed by atoms with van der Waals surface area (Å²) in [5, 5.41) is 7.67. The standard InChI is InChI=1S/C16H22N6O3/c1-10-13(16(24)18-12(3)17-10)8-15(23)22-6-4-21(5-7-22)9-14-11(2)19-25-20-14/h4-9H2,1-3H3,(H,17,18,24). The van der Waals surface area contributed by atoms with Crippen molar-refractivity contribution in [1.82, 2.24) is 30.1 Å². The highest BCUT2D eigenvalue weighted by Gasteiger charge is 2.23. The van der Waals surface area contributed by atoms with E-state index in [1.807, 2.05) is 6.92 Å². The average Bonchev–Trinajstić information content (AvgIpc) is 2.96. The number of aromatic amines is 1. The molecule has 1 N–H and O–H groups in total. The van der Waals surface area contributed by atoms with Crippen LogP contribution in [0.3, 0.4) is 0 Å². The third-order valence-electron chi connectivity index (χ3n) is 4.51. The maximum atomic E-state index is 12.5. The Balaban J connectivity index is 1.57. The highest BCUT2D eigenvalue weighted by atomic mass is 16.6. The van der Waals surface area contributed by atoms with Crippen LogP contribution in [0.15, 0.2) is 9.42 Å². The summed E-state index contributed by atoms with van der Waals surface area (Å²) < 4.78 is 4.71. The van der Waals surface area contributed by atoms with Gasteiger partial charge in [-0.05, 0) is 20.8 Å².